The average molecular weight is 344 g/mol. The molecule has 5 nitrogen and oxygen atoms in total. The molecule has 0 saturated carbocycles. The number of benzene rings is 1. The second-order valence-electron chi connectivity index (χ2n) is 3.70. The molecule has 7 heteroatoms. The number of halogens is 2. The highest BCUT2D eigenvalue weighted by Gasteiger charge is 2.08. The fourth-order valence-electron chi connectivity index (χ4n) is 1.49. The van der Waals surface area contributed by atoms with Crippen molar-refractivity contribution in [3.63, 3.8) is 0 Å². The number of hydrogen-bond acceptors (Lipinski definition) is 5. The van der Waals surface area contributed by atoms with Gasteiger partial charge in [-0.15, -0.1) is 0 Å². The Morgan fingerprint density at radius 3 is 2.95 bits per heavy atom. The molecular formula is C12H12BrClN4O. The molecule has 19 heavy (non-hydrogen) atoms. The number of ether oxygens (including phenoxy) is 1. The van der Waals surface area contributed by atoms with Crippen LogP contribution in [0.15, 0.2) is 28.9 Å². The van der Waals surface area contributed by atoms with Gasteiger partial charge in [0.25, 0.3) is 0 Å². The maximum atomic E-state index is 6.06. The molecule has 0 radical (unpaired) electrons. The van der Waals surface area contributed by atoms with E-state index in [9.17, 15) is 0 Å². The van der Waals surface area contributed by atoms with Crippen LogP contribution in [0.3, 0.4) is 0 Å². The third-order valence-corrected chi connectivity index (χ3v) is 3.37. The predicted octanol–water partition coefficient (Wildman–Crippen LogP) is 3.53. The van der Waals surface area contributed by atoms with Crippen LogP contribution in [-0.2, 0) is 6.42 Å². The summed E-state index contributed by atoms with van der Waals surface area (Å²) in [6, 6.07) is 5.46. The summed E-state index contributed by atoms with van der Waals surface area (Å²) in [6.45, 7) is 2.03. The van der Waals surface area contributed by atoms with Gasteiger partial charge >= 0.3 is 0 Å². The zero-order chi connectivity index (χ0) is 13.8. The normalized spacial score (nSPS) is 10.3. The van der Waals surface area contributed by atoms with Gasteiger partial charge in [0.1, 0.15) is 5.75 Å². The van der Waals surface area contributed by atoms with E-state index in [1.807, 2.05) is 13.0 Å². The number of nitrogen functional groups attached to an aromatic ring is 1. The van der Waals surface area contributed by atoms with E-state index in [2.05, 4.69) is 31.3 Å². The van der Waals surface area contributed by atoms with Gasteiger partial charge in [0.2, 0.25) is 11.8 Å². The van der Waals surface area contributed by atoms with Crippen LogP contribution in [0.2, 0.25) is 5.02 Å². The molecule has 2 aromatic rings. The Morgan fingerprint density at radius 1 is 1.47 bits per heavy atom. The maximum absolute atomic E-state index is 6.06. The lowest BCUT2D eigenvalue weighted by atomic mass is 10.1. The molecule has 0 amide bonds. The summed E-state index contributed by atoms with van der Waals surface area (Å²) in [7, 11) is 0. The molecule has 0 unspecified atom stereocenters. The Labute approximate surface area is 124 Å². The Bertz CT molecular complexity index is 594. The van der Waals surface area contributed by atoms with Crippen molar-refractivity contribution in [3.8, 4) is 11.6 Å². The molecular weight excluding hydrogens is 332 g/mol. The first-order valence-electron chi connectivity index (χ1n) is 5.59. The number of rotatable bonds is 4. The third-order valence-electron chi connectivity index (χ3n) is 2.45. The van der Waals surface area contributed by atoms with E-state index in [1.54, 1.807) is 18.3 Å². The number of aryl methyl sites for hydroxylation is 1. The van der Waals surface area contributed by atoms with Crippen molar-refractivity contribution in [1.29, 1.82) is 0 Å². The molecule has 2 rings (SSSR count). The van der Waals surface area contributed by atoms with Crippen molar-refractivity contribution in [2.45, 2.75) is 13.3 Å². The predicted molar refractivity (Wildman–Crippen MR) is 78.4 cm³/mol. The quantitative estimate of drug-likeness (QED) is 0.656. The van der Waals surface area contributed by atoms with Crippen molar-refractivity contribution in [2.24, 2.45) is 5.84 Å². The van der Waals surface area contributed by atoms with Crippen molar-refractivity contribution >= 4 is 33.5 Å². The van der Waals surface area contributed by atoms with E-state index in [1.165, 1.54) is 0 Å². The lowest BCUT2D eigenvalue weighted by molar-refractivity contribution is 0.458. The summed E-state index contributed by atoms with van der Waals surface area (Å²) in [5.41, 5.74) is 3.38. The monoisotopic (exact) mass is 342 g/mol. The number of nitrogens with zero attached hydrogens (tertiary/aromatic N) is 2. The zero-order valence-corrected chi connectivity index (χ0v) is 12.5. The van der Waals surface area contributed by atoms with Gasteiger partial charge in [0, 0.05) is 5.02 Å². The van der Waals surface area contributed by atoms with Gasteiger partial charge in [-0.3, -0.25) is 5.43 Å². The molecule has 0 fully saturated rings. The molecule has 1 aromatic carbocycles. The highest BCUT2D eigenvalue weighted by atomic mass is 79.9. The van der Waals surface area contributed by atoms with E-state index in [4.69, 9.17) is 22.2 Å². The number of aromatic nitrogens is 2. The minimum atomic E-state index is 0.280. The summed E-state index contributed by atoms with van der Waals surface area (Å²) in [4.78, 5) is 8.07. The van der Waals surface area contributed by atoms with Crippen LogP contribution in [0, 0.1) is 0 Å². The molecule has 1 heterocycles. The van der Waals surface area contributed by atoms with Crippen LogP contribution in [0.4, 0.5) is 5.95 Å². The first-order chi connectivity index (χ1) is 9.13. The van der Waals surface area contributed by atoms with E-state index in [-0.39, 0.29) is 5.95 Å². The largest absolute Gasteiger partial charge is 0.438 e. The average Bonchev–Trinajstić information content (AvgIpc) is 2.43. The van der Waals surface area contributed by atoms with Crippen LogP contribution in [0.1, 0.15) is 12.5 Å². The highest BCUT2D eigenvalue weighted by Crippen LogP contribution is 2.30. The fraction of sp³-hybridized carbons (Fsp3) is 0.167. The number of nitrogens with two attached hydrogens (primary N) is 1. The zero-order valence-electron chi connectivity index (χ0n) is 10.2. The van der Waals surface area contributed by atoms with Crippen LogP contribution < -0.4 is 16.0 Å². The molecule has 0 saturated heterocycles. The molecule has 0 spiro atoms. The molecule has 0 aliphatic heterocycles. The van der Waals surface area contributed by atoms with Crippen LogP contribution in [0.5, 0.6) is 11.6 Å². The van der Waals surface area contributed by atoms with Gasteiger partial charge in [0.05, 0.1) is 10.7 Å². The van der Waals surface area contributed by atoms with Crippen molar-refractivity contribution in [1.82, 2.24) is 9.97 Å². The molecule has 3 N–H and O–H groups in total. The van der Waals surface area contributed by atoms with Gasteiger partial charge in [-0.1, -0.05) is 18.5 Å². The second-order valence-corrected chi connectivity index (χ2v) is 4.96. The topological polar surface area (TPSA) is 73.1 Å². The van der Waals surface area contributed by atoms with Crippen molar-refractivity contribution in [3.05, 3.63) is 39.5 Å². The molecule has 0 bridgehead atoms. The lowest BCUT2D eigenvalue weighted by Crippen LogP contribution is -2.10. The molecule has 100 valence electrons. The van der Waals surface area contributed by atoms with Gasteiger partial charge in [-0.25, -0.2) is 10.8 Å². The van der Waals surface area contributed by atoms with Gasteiger partial charge in [-0.05, 0) is 46.1 Å². The van der Waals surface area contributed by atoms with Gasteiger partial charge < -0.3 is 4.74 Å². The molecule has 0 aliphatic carbocycles. The Morgan fingerprint density at radius 2 is 2.26 bits per heavy atom. The van der Waals surface area contributed by atoms with Gasteiger partial charge in [0.15, 0.2) is 0 Å². The Kier molecular flexibility index (Phi) is 4.57. The summed E-state index contributed by atoms with van der Waals surface area (Å²) >= 11 is 9.38. The van der Waals surface area contributed by atoms with E-state index in [0.717, 1.165) is 17.0 Å². The number of anilines is 1. The first-order valence-corrected chi connectivity index (χ1v) is 6.76. The summed E-state index contributed by atoms with van der Waals surface area (Å²) < 4.78 is 6.34. The number of hydrazine groups is 1. The van der Waals surface area contributed by atoms with Gasteiger partial charge in [-0.2, -0.15) is 4.98 Å². The SMILES string of the molecule is CCc1cc(Oc2nc(NN)ncc2Br)ccc1Cl. The summed E-state index contributed by atoms with van der Waals surface area (Å²) in [5.74, 6) is 6.58. The highest BCUT2D eigenvalue weighted by molar-refractivity contribution is 9.10. The van der Waals surface area contributed by atoms with Crippen LogP contribution in [-0.4, -0.2) is 9.97 Å². The van der Waals surface area contributed by atoms with E-state index >= 15 is 0 Å². The van der Waals surface area contributed by atoms with E-state index in [0.29, 0.717) is 16.1 Å². The molecule has 0 aliphatic rings. The molecule has 0 atom stereocenters. The first kappa shape index (κ1) is 14.0. The van der Waals surface area contributed by atoms with Crippen LogP contribution >= 0.6 is 27.5 Å². The summed E-state index contributed by atoms with van der Waals surface area (Å²) in [6.07, 6.45) is 2.39. The second kappa shape index (κ2) is 6.18. The fourth-order valence-corrected chi connectivity index (χ4v) is 2.01. The lowest BCUT2D eigenvalue weighted by Gasteiger charge is -2.09. The molecule has 1 aromatic heterocycles. The van der Waals surface area contributed by atoms with Crippen molar-refractivity contribution < 1.29 is 4.74 Å². The maximum Gasteiger partial charge on any atom is 0.240 e. The van der Waals surface area contributed by atoms with E-state index < -0.39 is 0 Å². The standard InChI is InChI=1S/C12H12BrClN4O/c1-2-7-5-8(3-4-10(7)14)19-11-9(13)6-16-12(17-11)18-15/h3-6H,2,15H2,1H3,(H,16,17,18). The Balaban J connectivity index is 2.30. The van der Waals surface area contributed by atoms with Crippen molar-refractivity contribution in [2.75, 3.05) is 5.43 Å². The number of nitrogens with one attached hydrogen (secondary N) is 1. The number of hydrogen-bond donors (Lipinski definition) is 2. The van der Waals surface area contributed by atoms with Crippen LogP contribution in [0.25, 0.3) is 0 Å². The minimum absolute atomic E-state index is 0.280. The smallest absolute Gasteiger partial charge is 0.240 e. The minimum Gasteiger partial charge on any atom is -0.438 e. The third kappa shape index (κ3) is 3.34. The Hall–Kier alpha value is -1.37. The summed E-state index contributed by atoms with van der Waals surface area (Å²) in [5, 5.41) is 0.723.